The second kappa shape index (κ2) is 13.5. The molecule has 9 heteroatoms. The Morgan fingerprint density at radius 2 is 1.60 bits per heavy atom. The number of benzene rings is 4. The van der Waals surface area contributed by atoms with E-state index in [4.69, 9.17) is 9.47 Å². The second-order valence-corrected chi connectivity index (χ2v) is 11.5. The molecule has 1 heterocycles. The fourth-order valence-electron chi connectivity index (χ4n) is 4.51. The zero-order valence-electron chi connectivity index (χ0n) is 22.8. The van der Waals surface area contributed by atoms with Crippen LogP contribution in [-0.2, 0) is 29.5 Å². The van der Waals surface area contributed by atoms with Gasteiger partial charge < -0.3 is 9.47 Å². The van der Waals surface area contributed by atoms with Crippen LogP contribution in [0.1, 0.15) is 23.1 Å². The van der Waals surface area contributed by atoms with Crippen LogP contribution in [0.5, 0.6) is 11.5 Å². The van der Waals surface area contributed by atoms with Gasteiger partial charge in [-0.05, 0) is 76.7 Å². The average Bonchev–Trinajstić information content (AvgIpc) is 3.00. The summed E-state index contributed by atoms with van der Waals surface area (Å²) in [5.74, 6) is -0.951. The van der Waals surface area contributed by atoms with E-state index in [0.717, 1.165) is 28.8 Å². The first-order chi connectivity index (χ1) is 20.4. The van der Waals surface area contributed by atoms with Gasteiger partial charge in [0.2, 0.25) is 10.0 Å². The van der Waals surface area contributed by atoms with Crippen LogP contribution in [0.25, 0.3) is 10.8 Å². The Kier molecular flexibility index (Phi) is 9.41. The lowest BCUT2D eigenvalue weighted by molar-refractivity contribution is 0.299. The predicted molar refractivity (Wildman–Crippen MR) is 158 cm³/mol. The molecule has 0 radical (unpaired) electrons. The van der Waals surface area contributed by atoms with Crippen LogP contribution in [0, 0.1) is 11.6 Å². The Bertz CT molecular complexity index is 1770. The molecule has 0 spiro atoms. The highest BCUT2D eigenvalue weighted by atomic mass is 32.2. The zero-order valence-corrected chi connectivity index (χ0v) is 23.6. The minimum absolute atomic E-state index is 0.115. The van der Waals surface area contributed by atoms with Gasteiger partial charge in [0.05, 0.1) is 17.7 Å². The molecule has 216 valence electrons. The van der Waals surface area contributed by atoms with Crippen molar-refractivity contribution in [3.8, 4) is 11.5 Å². The first-order valence-corrected chi connectivity index (χ1v) is 15.1. The summed E-state index contributed by atoms with van der Waals surface area (Å²) in [6, 6.07) is 26.6. The zero-order chi connectivity index (χ0) is 29.4. The van der Waals surface area contributed by atoms with Crippen molar-refractivity contribution in [2.75, 3.05) is 13.2 Å². The van der Waals surface area contributed by atoms with Crippen molar-refractivity contribution in [1.29, 1.82) is 0 Å². The predicted octanol–water partition coefficient (Wildman–Crippen LogP) is 6.62. The fourth-order valence-corrected chi connectivity index (χ4v) is 5.60. The van der Waals surface area contributed by atoms with Crippen molar-refractivity contribution in [1.82, 2.24) is 9.71 Å². The van der Waals surface area contributed by atoms with E-state index in [1.807, 2.05) is 36.4 Å². The second-order valence-electron chi connectivity index (χ2n) is 9.78. The maximum atomic E-state index is 13.5. The minimum atomic E-state index is -3.97. The molecule has 5 aromatic rings. The molecule has 0 aliphatic heterocycles. The molecule has 0 saturated heterocycles. The molecule has 42 heavy (non-hydrogen) atoms. The van der Waals surface area contributed by atoms with E-state index in [0.29, 0.717) is 50.0 Å². The number of aromatic nitrogens is 1. The third-order valence-electron chi connectivity index (χ3n) is 6.75. The lowest BCUT2D eigenvalue weighted by Gasteiger charge is -2.15. The molecule has 5 rings (SSSR count). The van der Waals surface area contributed by atoms with Crippen molar-refractivity contribution in [3.05, 3.63) is 132 Å². The highest BCUT2D eigenvalue weighted by molar-refractivity contribution is 7.89. The van der Waals surface area contributed by atoms with Crippen LogP contribution in [-0.4, -0.2) is 26.6 Å². The molecule has 0 bridgehead atoms. The number of hydrogen-bond acceptors (Lipinski definition) is 5. The first-order valence-electron chi connectivity index (χ1n) is 13.6. The van der Waals surface area contributed by atoms with Crippen LogP contribution < -0.4 is 14.2 Å². The molecular formula is C33H30F2N2O4S. The lowest BCUT2D eigenvalue weighted by atomic mass is 10.0. The summed E-state index contributed by atoms with van der Waals surface area (Å²) in [6.07, 6.45) is 5.05. The molecule has 4 aromatic carbocycles. The summed E-state index contributed by atoms with van der Waals surface area (Å²) < 4.78 is 66.4. The van der Waals surface area contributed by atoms with Gasteiger partial charge in [0, 0.05) is 19.2 Å². The monoisotopic (exact) mass is 588 g/mol. The van der Waals surface area contributed by atoms with Crippen molar-refractivity contribution >= 4 is 20.8 Å². The number of rotatable bonds is 13. The van der Waals surface area contributed by atoms with Gasteiger partial charge in [-0.15, -0.1) is 0 Å². The molecule has 1 N–H and O–H groups in total. The first kappa shape index (κ1) is 29.2. The van der Waals surface area contributed by atoms with E-state index >= 15 is 0 Å². The van der Waals surface area contributed by atoms with Gasteiger partial charge in [-0.3, -0.25) is 4.98 Å². The Hall–Kier alpha value is -4.34. The molecule has 0 aliphatic carbocycles. The Morgan fingerprint density at radius 3 is 2.40 bits per heavy atom. The van der Waals surface area contributed by atoms with E-state index in [1.54, 1.807) is 18.5 Å². The smallest absolute Gasteiger partial charge is 0.240 e. The number of sulfonamides is 1. The number of nitrogens with zero attached hydrogens (tertiary/aromatic N) is 1. The molecule has 0 atom stereocenters. The summed E-state index contributed by atoms with van der Waals surface area (Å²) in [7, 11) is -3.97. The summed E-state index contributed by atoms with van der Waals surface area (Å²) in [5.41, 5.74) is 3.01. The lowest BCUT2D eigenvalue weighted by Crippen LogP contribution is -2.25. The van der Waals surface area contributed by atoms with E-state index in [9.17, 15) is 17.2 Å². The van der Waals surface area contributed by atoms with Gasteiger partial charge in [0.25, 0.3) is 0 Å². The van der Waals surface area contributed by atoms with E-state index in [1.165, 1.54) is 10.8 Å². The van der Waals surface area contributed by atoms with Gasteiger partial charge >= 0.3 is 0 Å². The van der Waals surface area contributed by atoms with Crippen molar-refractivity contribution in [2.45, 2.75) is 30.8 Å². The number of fused-ring (bicyclic) bond motifs is 1. The number of hydrogen-bond donors (Lipinski definition) is 1. The molecule has 6 nitrogen and oxygen atoms in total. The van der Waals surface area contributed by atoms with Gasteiger partial charge in [-0.1, -0.05) is 54.6 Å². The van der Waals surface area contributed by atoms with Crippen LogP contribution in [0.3, 0.4) is 0 Å². The number of pyridine rings is 1. The van der Waals surface area contributed by atoms with Crippen LogP contribution in [0.2, 0.25) is 0 Å². The number of aryl methyl sites for hydroxylation is 1. The van der Waals surface area contributed by atoms with Gasteiger partial charge in [-0.25, -0.2) is 21.9 Å². The van der Waals surface area contributed by atoms with Crippen molar-refractivity contribution < 1.29 is 26.7 Å². The Labute approximate surface area is 244 Å². The van der Waals surface area contributed by atoms with Crippen molar-refractivity contribution in [2.24, 2.45) is 0 Å². The van der Waals surface area contributed by atoms with E-state index < -0.39 is 21.7 Å². The summed E-state index contributed by atoms with van der Waals surface area (Å²) in [6.45, 7) is 0.909. The molecule has 0 amide bonds. The maximum absolute atomic E-state index is 13.5. The van der Waals surface area contributed by atoms with Gasteiger partial charge in [-0.2, -0.15) is 0 Å². The highest BCUT2D eigenvalue weighted by Gasteiger charge is 2.16. The molecule has 0 saturated carbocycles. The number of ether oxygens (including phenoxy) is 2. The topological polar surface area (TPSA) is 77.5 Å². The number of halogens is 2. The van der Waals surface area contributed by atoms with Crippen LogP contribution >= 0.6 is 0 Å². The average molecular weight is 589 g/mol. The standard InChI is InChI=1S/C33H30F2N2O4S/c34-31-14-13-30(21-32(31)35)42(38,39)37-17-3-7-27-12-10-25(23-41-29-8-4-16-36-22-29)20-33(27)40-18-15-24-9-11-26-5-1-2-6-28(26)19-24/h1-2,4-6,8-14,16,19-22,37H,3,7,15,17-18,23H2. The number of nitrogens with one attached hydrogen (secondary N) is 1. The molecular weight excluding hydrogens is 558 g/mol. The van der Waals surface area contributed by atoms with Crippen molar-refractivity contribution in [3.63, 3.8) is 0 Å². The summed E-state index contributed by atoms with van der Waals surface area (Å²) in [4.78, 5) is 3.75. The Balaban J connectivity index is 1.23. The van der Waals surface area contributed by atoms with E-state index in [-0.39, 0.29) is 11.4 Å². The van der Waals surface area contributed by atoms with E-state index in [2.05, 4.69) is 40.0 Å². The molecule has 0 unspecified atom stereocenters. The molecule has 1 aromatic heterocycles. The summed E-state index contributed by atoms with van der Waals surface area (Å²) >= 11 is 0. The SMILES string of the molecule is O=S(=O)(NCCCc1ccc(COc2cccnc2)cc1OCCc1ccc2ccccc2c1)c1ccc(F)c(F)c1. The quantitative estimate of drug-likeness (QED) is 0.156. The van der Waals surface area contributed by atoms with Crippen LogP contribution in [0.4, 0.5) is 8.78 Å². The fraction of sp³-hybridized carbons (Fsp3) is 0.182. The highest BCUT2D eigenvalue weighted by Crippen LogP contribution is 2.24. The molecule has 0 aliphatic rings. The summed E-state index contributed by atoms with van der Waals surface area (Å²) in [5, 5.41) is 2.36. The third-order valence-corrected chi connectivity index (χ3v) is 8.21. The third kappa shape index (κ3) is 7.69. The molecule has 0 fully saturated rings. The van der Waals surface area contributed by atoms with Gasteiger partial charge in [0.1, 0.15) is 18.1 Å². The normalized spacial score (nSPS) is 11.5. The van der Waals surface area contributed by atoms with Crippen LogP contribution in [0.15, 0.2) is 108 Å². The minimum Gasteiger partial charge on any atom is -0.493 e. The largest absolute Gasteiger partial charge is 0.493 e. The van der Waals surface area contributed by atoms with Gasteiger partial charge in [0.15, 0.2) is 11.6 Å². The Morgan fingerprint density at radius 1 is 0.762 bits per heavy atom. The maximum Gasteiger partial charge on any atom is 0.240 e.